The van der Waals surface area contributed by atoms with E-state index < -0.39 is 17.2 Å². The van der Waals surface area contributed by atoms with Gasteiger partial charge in [-0.15, -0.1) is 0 Å². The number of carbonyl (C=O) groups is 1. The number of nitrogens with one attached hydrogen (secondary N) is 1. The molecule has 3 N–H and O–H groups in total. The number of furan rings is 1. The van der Waals surface area contributed by atoms with E-state index >= 15 is 0 Å². The van der Waals surface area contributed by atoms with E-state index in [0.29, 0.717) is 29.4 Å². The number of hydrogen-bond acceptors (Lipinski definition) is 6. The SMILES string of the molecule is CCCCn1c(N)c(N(Cc2ccco2)C(=O)Cc2ccc(Cl)nc2)c(=O)[nH]c1=O. The van der Waals surface area contributed by atoms with Crippen molar-refractivity contribution in [3.63, 3.8) is 0 Å². The lowest BCUT2D eigenvalue weighted by Gasteiger charge is -2.24. The van der Waals surface area contributed by atoms with Crippen molar-refractivity contribution in [2.75, 3.05) is 10.6 Å². The molecule has 158 valence electrons. The Kier molecular flexibility index (Phi) is 6.73. The largest absolute Gasteiger partial charge is 0.467 e. The molecule has 3 heterocycles. The first-order chi connectivity index (χ1) is 14.4. The highest BCUT2D eigenvalue weighted by atomic mass is 35.5. The van der Waals surface area contributed by atoms with Crippen LogP contribution in [0.1, 0.15) is 31.1 Å². The Hall–Kier alpha value is -3.33. The fraction of sp³-hybridized carbons (Fsp3) is 0.300. The molecular weight excluding hydrogens is 410 g/mol. The van der Waals surface area contributed by atoms with Crippen LogP contribution in [0.5, 0.6) is 0 Å². The monoisotopic (exact) mass is 431 g/mol. The van der Waals surface area contributed by atoms with Crippen molar-refractivity contribution in [1.82, 2.24) is 14.5 Å². The third-order valence-electron chi connectivity index (χ3n) is 4.56. The third-order valence-corrected chi connectivity index (χ3v) is 4.78. The maximum atomic E-state index is 13.2. The van der Waals surface area contributed by atoms with Gasteiger partial charge in [-0.25, -0.2) is 9.78 Å². The summed E-state index contributed by atoms with van der Waals surface area (Å²) in [6, 6.07) is 6.61. The number of rotatable bonds is 8. The summed E-state index contributed by atoms with van der Waals surface area (Å²) in [5, 5.41) is 0.308. The summed E-state index contributed by atoms with van der Waals surface area (Å²) in [5.41, 5.74) is 5.37. The molecule has 0 radical (unpaired) electrons. The van der Waals surface area contributed by atoms with Crippen molar-refractivity contribution < 1.29 is 9.21 Å². The van der Waals surface area contributed by atoms with Crippen LogP contribution in [0.3, 0.4) is 0 Å². The van der Waals surface area contributed by atoms with Crippen molar-refractivity contribution in [2.24, 2.45) is 0 Å². The summed E-state index contributed by atoms with van der Waals surface area (Å²) in [4.78, 5) is 45.5. The highest BCUT2D eigenvalue weighted by Crippen LogP contribution is 2.21. The predicted molar refractivity (Wildman–Crippen MR) is 113 cm³/mol. The van der Waals surface area contributed by atoms with E-state index in [-0.39, 0.29) is 24.5 Å². The average Bonchev–Trinajstić information content (AvgIpc) is 3.22. The van der Waals surface area contributed by atoms with Crippen molar-refractivity contribution >= 4 is 29.0 Å². The number of anilines is 2. The van der Waals surface area contributed by atoms with Gasteiger partial charge < -0.3 is 10.2 Å². The summed E-state index contributed by atoms with van der Waals surface area (Å²) in [7, 11) is 0. The van der Waals surface area contributed by atoms with E-state index in [1.54, 1.807) is 24.3 Å². The fourth-order valence-corrected chi connectivity index (χ4v) is 3.12. The number of amides is 1. The van der Waals surface area contributed by atoms with Crippen LogP contribution in [-0.2, 0) is 24.3 Å². The number of nitrogens with two attached hydrogens (primary N) is 1. The fourth-order valence-electron chi connectivity index (χ4n) is 3.01. The summed E-state index contributed by atoms with van der Waals surface area (Å²) < 4.78 is 6.63. The molecule has 0 aliphatic heterocycles. The highest BCUT2D eigenvalue weighted by molar-refractivity contribution is 6.29. The minimum absolute atomic E-state index is 0.0217. The van der Waals surface area contributed by atoms with Crippen LogP contribution in [0.2, 0.25) is 5.15 Å². The van der Waals surface area contributed by atoms with Crippen LogP contribution in [0.15, 0.2) is 50.7 Å². The molecule has 0 aliphatic carbocycles. The molecule has 0 unspecified atom stereocenters. The smallest absolute Gasteiger partial charge is 0.330 e. The molecule has 0 saturated carbocycles. The summed E-state index contributed by atoms with van der Waals surface area (Å²) in [6.45, 7) is 2.28. The van der Waals surface area contributed by atoms with Crippen LogP contribution in [0.25, 0.3) is 0 Å². The maximum Gasteiger partial charge on any atom is 0.330 e. The highest BCUT2D eigenvalue weighted by Gasteiger charge is 2.25. The molecule has 1 amide bonds. The van der Waals surface area contributed by atoms with Crippen LogP contribution in [0, 0.1) is 0 Å². The Bertz CT molecular complexity index is 1120. The zero-order valence-corrected chi connectivity index (χ0v) is 17.2. The number of aromatic amines is 1. The van der Waals surface area contributed by atoms with Gasteiger partial charge >= 0.3 is 5.69 Å². The normalized spacial score (nSPS) is 10.9. The topological polar surface area (TPSA) is 127 Å². The van der Waals surface area contributed by atoms with Gasteiger partial charge in [0.2, 0.25) is 5.91 Å². The second-order valence-electron chi connectivity index (χ2n) is 6.72. The Balaban J connectivity index is 2.03. The Morgan fingerprint density at radius 1 is 1.33 bits per heavy atom. The van der Waals surface area contributed by atoms with Gasteiger partial charge in [-0.05, 0) is 30.2 Å². The Labute approximate surface area is 177 Å². The van der Waals surface area contributed by atoms with Crippen LogP contribution in [-0.4, -0.2) is 20.4 Å². The first-order valence-electron chi connectivity index (χ1n) is 9.46. The van der Waals surface area contributed by atoms with E-state index in [9.17, 15) is 14.4 Å². The first-order valence-corrected chi connectivity index (χ1v) is 9.84. The number of aromatic nitrogens is 3. The number of hydrogen-bond donors (Lipinski definition) is 2. The van der Waals surface area contributed by atoms with Gasteiger partial charge in [-0.3, -0.25) is 24.0 Å². The Morgan fingerprint density at radius 2 is 2.13 bits per heavy atom. The van der Waals surface area contributed by atoms with Crippen molar-refractivity contribution in [2.45, 2.75) is 39.3 Å². The molecule has 0 saturated heterocycles. The summed E-state index contributed by atoms with van der Waals surface area (Å²) >= 11 is 5.80. The van der Waals surface area contributed by atoms with Gasteiger partial charge in [0.1, 0.15) is 16.7 Å². The number of pyridine rings is 1. The molecule has 3 aromatic heterocycles. The third kappa shape index (κ3) is 4.80. The maximum absolute atomic E-state index is 13.2. The molecule has 3 aromatic rings. The van der Waals surface area contributed by atoms with Crippen molar-refractivity contribution in [1.29, 1.82) is 0 Å². The van der Waals surface area contributed by atoms with E-state index in [1.165, 1.54) is 21.9 Å². The van der Waals surface area contributed by atoms with Crippen LogP contribution in [0.4, 0.5) is 11.5 Å². The molecule has 9 nitrogen and oxygen atoms in total. The first kappa shape index (κ1) is 21.4. The molecule has 0 fully saturated rings. The minimum atomic E-state index is -0.737. The van der Waals surface area contributed by atoms with E-state index in [2.05, 4.69) is 9.97 Å². The molecule has 0 atom stereocenters. The van der Waals surface area contributed by atoms with Gasteiger partial charge in [0.25, 0.3) is 5.56 Å². The molecule has 0 bridgehead atoms. The van der Waals surface area contributed by atoms with E-state index in [4.69, 9.17) is 21.8 Å². The van der Waals surface area contributed by atoms with Gasteiger partial charge in [-0.1, -0.05) is 31.0 Å². The van der Waals surface area contributed by atoms with Gasteiger partial charge in [0.05, 0.1) is 19.2 Å². The Morgan fingerprint density at radius 3 is 2.77 bits per heavy atom. The lowest BCUT2D eigenvalue weighted by atomic mass is 10.2. The molecule has 0 spiro atoms. The molecule has 30 heavy (non-hydrogen) atoms. The average molecular weight is 432 g/mol. The lowest BCUT2D eigenvalue weighted by Crippen LogP contribution is -2.41. The zero-order chi connectivity index (χ0) is 21.7. The van der Waals surface area contributed by atoms with Crippen LogP contribution < -0.4 is 21.9 Å². The van der Waals surface area contributed by atoms with Crippen molar-refractivity contribution in [3.05, 3.63) is 74.0 Å². The zero-order valence-electron chi connectivity index (χ0n) is 16.4. The quantitative estimate of drug-likeness (QED) is 0.527. The number of halogens is 1. The number of carbonyl (C=O) groups excluding carboxylic acids is 1. The lowest BCUT2D eigenvalue weighted by molar-refractivity contribution is -0.118. The van der Waals surface area contributed by atoms with Gasteiger partial charge in [0, 0.05) is 12.7 Å². The standard InChI is InChI=1S/C20H22ClN5O4/c1-2-3-8-25-18(22)17(19(28)24-20(25)29)26(12-14-5-4-9-30-14)16(27)10-13-6-7-15(21)23-11-13/h4-7,9,11H,2-3,8,10,12,22H2,1H3,(H,24,28,29). The number of H-pyrrole nitrogens is 1. The minimum Gasteiger partial charge on any atom is -0.467 e. The van der Waals surface area contributed by atoms with Crippen LogP contribution >= 0.6 is 11.6 Å². The molecule has 0 aromatic carbocycles. The second kappa shape index (κ2) is 9.45. The van der Waals surface area contributed by atoms with Gasteiger partial charge in [0.15, 0.2) is 5.69 Å². The van der Waals surface area contributed by atoms with Gasteiger partial charge in [-0.2, -0.15) is 0 Å². The molecular formula is C20H22ClN5O4. The number of unbranched alkanes of at least 4 members (excludes halogenated alkanes) is 1. The summed E-state index contributed by atoms with van der Waals surface area (Å²) in [6.07, 6.45) is 4.44. The predicted octanol–water partition coefficient (Wildman–Crippen LogP) is 2.34. The summed E-state index contributed by atoms with van der Waals surface area (Å²) in [5.74, 6) is -0.0116. The number of nitrogens with zero attached hydrogens (tertiary/aromatic N) is 3. The number of nitrogen functional groups attached to an aromatic ring is 1. The molecule has 10 heteroatoms. The van der Waals surface area contributed by atoms with E-state index in [1.807, 2.05) is 6.92 Å². The van der Waals surface area contributed by atoms with E-state index in [0.717, 1.165) is 6.42 Å². The second-order valence-corrected chi connectivity index (χ2v) is 7.11. The molecule has 3 rings (SSSR count). The van der Waals surface area contributed by atoms with Crippen molar-refractivity contribution in [3.8, 4) is 0 Å². The molecule has 0 aliphatic rings.